The molecule has 0 aromatic heterocycles. The molecule has 1 amide bonds. The first-order valence-electron chi connectivity index (χ1n) is 9.49. The van der Waals surface area contributed by atoms with Crippen LogP contribution >= 0.6 is 0 Å². The van der Waals surface area contributed by atoms with Crippen molar-refractivity contribution in [3.05, 3.63) is 71.3 Å². The van der Waals surface area contributed by atoms with Crippen LogP contribution in [-0.4, -0.2) is 54.1 Å². The van der Waals surface area contributed by atoms with Crippen LogP contribution in [0.15, 0.2) is 59.7 Å². The van der Waals surface area contributed by atoms with Crippen molar-refractivity contribution in [1.29, 1.82) is 0 Å². The zero-order valence-electron chi connectivity index (χ0n) is 16.2. The van der Waals surface area contributed by atoms with Crippen LogP contribution in [0.3, 0.4) is 0 Å². The molecule has 5 nitrogen and oxygen atoms in total. The molecule has 1 N–H and O–H groups in total. The molecule has 1 heterocycles. The highest BCUT2D eigenvalue weighted by Gasteiger charge is 2.18. The van der Waals surface area contributed by atoms with Gasteiger partial charge >= 0.3 is 0 Å². The van der Waals surface area contributed by atoms with Crippen molar-refractivity contribution >= 4 is 11.6 Å². The van der Waals surface area contributed by atoms with Crippen molar-refractivity contribution in [3.8, 4) is 0 Å². The molecule has 0 radical (unpaired) electrons. The lowest BCUT2D eigenvalue weighted by atomic mass is 10.1. The summed E-state index contributed by atoms with van der Waals surface area (Å²) in [5.74, 6) is -0.0581. The predicted octanol–water partition coefficient (Wildman–Crippen LogP) is 2.65. The number of rotatable bonds is 6. The van der Waals surface area contributed by atoms with Crippen LogP contribution in [0.1, 0.15) is 23.6 Å². The second-order valence-corrected chi connectivity index (χ2v) is 7.14. The Morgan fingerprint density at radius 2 is 1.59 bits per heavy atom. The molecule has 142 valence electrons. The Morgan fingerprint density at radius 1 is 0.963 bits per heavy atom. The summed E-state index contributed by atoms with van der Waals surface area (Å²) in [6, 6.07) is 18.6. The van der Waals surface area contributed by atoms with E-state index in [1.54, 1.807) is 0 Å². The number of aryl methyl sites for hydroxylation is 1. The van der Waals surface area contributed by atoms with Crippen molar-refractivity contribution in [1.82, 2.24) is 15.2 Å². The highest BCUT2D eigenvalue weighted by Crippen LogP contribution is 2.09. The molecular formula is C22H28N4O. The normalized spacial score (nSPS) is 16.3. The SMILES string of the molecule is C/C(=N/NC(=O)CN1CCN(Cc2ccc(C)cc2)CC1)c1ccccc1. The molecular weight excluding hydrogens is 336 g/mol. The summed E-state index contributed by atoms with van der Waals surface area (Å²) >= 11 is 0. The lowest BCUT2D eigenvalue weighted by Gasteiger charge is -2.34. The van der Waals surface area contributed by atoms with Gasteiger partial charge in [0.05, 0.1) is 12.3 Å². The van der Waals surface area contributed by atoms with Gasteiger partial charge in [0, 0.05) is 32.7 Å². The number of hydrogen-bond donors (Lipinski definition) is 1. The second-order valence-electron chi connectivity index (χ2n) is 7.14. The van der Waals surface area contributed by atoms with Gasteiger partial charge in [-0.1, -0.05) is 60.2 Å². The number of hydrazone groups is 1. The third-order valence-electron chi connectivity index (χ3n) is 4.90. The fourth-order valence-corrected chi connectivity index (χ4v) is 3.19. The molecule has 0 aliphatic carbocycles. The molecule has 0 atom stereocenters. The Labute approximate surface area is 161 Å². The van der Waals surface area contributed by atoms with Gasteiger partial charge in [0.2, 0.25) is 0 Å². The summed E-state index contributed by atoms with van der Waals surface area (Å²) in [5.41, 5.74) is 7.14. The molecule has 5 heteroatoms. The van der Waals surface area contributed by atoms with Crippen LogP contribution in [0.4, 0.5) is 0 Å². The first kappa shape index (κ1) is 19.3. The molecule has 1 fully saturated rings. The number of nitrogens with zero attached hydrogens (tertiary/aromatic N) is 3. The van der Waals surface area contributed by atoms with Gasteiger partial charge in [-0.05, 0) is 25.0 Å². The van der Waals surface area contributed by atoms with Gasteiger partial charge in [-0.25, -0.2) is 5.43 Å². The lowest BCUT2D eigenvalue weighted by Crippen LogP contribution is -2.48. The molecule has 1 aliphatic rings. The molecule has 3 rings (SSSR count). The van der Waals surface area contributed by atoms with E-state index in [4.69, 9.17) is 0 Å². The Balaban J connectivity index is 1.41. The number of nitrogens with one attached hydrogen (secondary N) is 1. The quantitative estimate of drug-likeness (QED) is 0.633. The standard InChI is InChI=1S/C22H28N4O/c1-18-8-10-20(11-9-18)16-25-12-14-26(15-13-25)17-22(27)24-23-19(2)21-6-4-3-5-7-21/h3-11H,12-17H2,1-2H3,(H,24,27)/b23-19-. The largest absolute Gasteiger partial charge is 0.297 e. The number of amides is 1. The fraction of sp³-hybridized carbons (Fsp3) is 0.364. The molecule has 0 spiro atoms. The van der Waals surface area contributed by atoms with Gasteiger partial charge in [-0.2, -0.15) is 5.10 Å². The van der Waals surface area contributed by atoms with E-state index in [0.717, 1.165) is 44.0 Å². The minimum Gasteiger partial charge on any atom is -0.297 e. The van der Waals surface area contributed by atoms with Crippen LogP contribution in [-0.2, 0) is 11.3 Å². The molecule has 0 saturated carbocycles. The third-order valence-corrected chi connectivity index (χ3v) is 4.90. The van der Waals surface area contributed by atoms with Gasteiger partial charge in [-0.3, -0.25) is 14.6 Å². The van der Waals surface area contributed by atoms with Gasteiger partial charge in [-0.15, -0.1) is 0 Å². The molecule has 0 bridgehead atoms. The predicted molar refractivity (Wildman–Crippen MR) is 110 cm³/mol. The Bertz CT molecular complexity index is 763. The maximum absolute atomic E-state index is 12.2. The first-order valence-corrected chi connectivity index (χ1v) is 9.49. The van der Waals surface area contributed by atoms with E-state index in [0.29, 0.717) is 6.54 Å². The van der Waals surface area contributed by atoms with Crippen LogP contribution in [0, 0.1) is 6.92 Å². The van der Waals surface area contributed by atoms with Gasteiger partial charge in [0.1, 0.15) is 0 Å². The highest BCUT2D eigenvalue weighted by molar-refractivity contribution is 5.99. The fourth-order valence-electron chi connectivity index (χ4n) is 3.19. The molecule has 1 aliphatic heterocycles. The third kappa shape index (κ3) is 6.01. The summed E-state index contributed by atoms with van der Waals surface area (Å²) in [4.78, 5) is 16.8. The zero-order valence-corrected chi connectivity index (χ0v) is 16.2. The van der Waals surface area contributed by atoms with Crippen LogP contribution in [0.5, 0.6) is 0 Å². The number of piperazine rings is 1. The van der Waals surface area contributed by atoms with Crippen LogP contribution in [0.2, 0.25) is 0 Å². The van der Waals surface area contributed by atoms with E-state index >= 15 is 0 Å². The van der Waals surface area contributed by atoms with Gasteiger partial charge in [0.15, 0.2) is 0 Å². The van der Waals surface area contributed by atoms with Crippen molar-refractivity contribution in [3.63, 3.8) is 0 Å². The maximum atomic E-state index is 12.2. The molecule has 2 aromatic rings. The van der Waals surface area contributed by atoms with E-state index in [1.807, 2.05) is 37.3 Å². The summed E-state index contributed by atoms with van der Waals surface area (Å²) < 4.78 is 0. The first-order chi connectivity index (χ1) is 13.1. The number of carbonyl (C=O) groups excluding carboxylic acids is 1. The van der Waals surface area contributed by atoms with E-state index in [2.05, 4.69) is 51.5 Å². The second kappa shape index (κ2) is 9.44. The lowest BCUT2D eigenvalue weighted by molar-refractivity contribution is -0.122. The summed E-state index contributed by atoms with van der Waals surface area (Å²) in [6.07, 6.45) is 0. The molecule has 1 saturated heterocycles. The van der Waals surface area contributed by atoms with E-state index in [9.17, 15) is 4.79 Å². The van der Waals surface area contributed by atoms with E-state index < -0.39 is 0 Å². The number of hydrogen-bond acceptors (Lipinski definition) is 4. The molecule has 2 aromatic carbocycles. The zero-order chi connectivity index (χ0) is 19.1. The van der Waals surface area contributed by atoms with Crippen molar-refractivity contribution in [2.24, 2.45) is 5.10 Å². The Morgan fingerprint density at radius 3 is 2.26 bits per heavy atom. The van der Waals surface area contributed by atoms with Crippen molar-refractivity contribution in [2.75, 3.05) is 32.7 Å². The minimum absolute atomic E-state index is 0.0581. The maximum Gasteiger partial charge on any atom is 0.254 e. The minimum atomic E-state index is -0.0581. The number of carbonyl (C=O) groups is 1. The van der Waals surface area contributed by atoms with Gasteiger partial charge in [0.25, 0.3) is 5.91 Å². The summed E-state index contributed by atoms with van der Waals surface area (Å²) in [6.45, 7) is 9.14. The number of benzene rings is 2. The van der Waals surface area contributed by atoms with Crippen LogP contribution in [0.25, 0.3) is 0 Å². The summed E-state index contributed by atoms with van der Waals surface area (Å²) in [5, 5.41) is 4.22. The van der Waals surface area contributed by atoms with Crippen molar-refractivity contribution < 1.29 is 4.79 Å². The van der Waals surface area contributed by atoms with E-state index in [1.165, 1.54) is 11.1 Å². The average molecular weight is 364 g/mol. The van der Waals surface area contributed by atoms with Crippen LogP contribution < -0.4 is 5.43 Å². The summed E-state index contributed by atoms with van der Waals surface area (Å²) in [7, 11) is 0. The average Bonchev–Trinajstić information content (AvgIpc) is 2.70. The Kier molecular flexibility index (Phi) is 6.74. The topological polar surface area (TPSA) is 47.9 Å². The monoisotopic (exact) mass is 364 g/mol. The van der Waals surface area contributed by atoms with E-state index in [-0.39, 0.29) is 5.91 Å². The molecule has 27 heavy (non-hydrogen) atoms. The van der Waals surface area contributed by atoms with Crippen molar-refractivity contribution in [2.45, 2.75) is 20.4 Å². The Hall–Kier alpha value is -2.50. The smallest absolute Gasteiger partial charge is 0.254 e. The molecule has 0 unspecified atom stereocenters. The highest BCUT2D eigenvalue weighted by atomic mass is 16.2. The van der Waals surface area contributed by atoms with Gasteiger partial charge < -0.3 is 0 Å².